The number of rotatable bonds is 5. The van der Waals surface area contributed by atoms with Gasteiger partial charge in [-0.1, -0.05) is 6.58 Å². The third kappa shape index (κ3) is 3.83. The molecule has 0 radical (unpaired) electrons. The maximum atomic E-state index is 12.0. The molecule has 0 saturated carbocycles. The normalized spacial score (nSPS) is 24.6. The molecule has 0 bridgehead atoms. The molecule has 2 rings (SSSR count). The van der Waals surface area contributed by atoms with Gasteiger partial charge in [0.15, 0.2) is 0 Å². The van der Waals surface area contributed by atoms with Crippen LogP contribution >= 0.6 is 0 Å². The largest absolute Gasteiger partial charge is 0.376 e. The fraction of sp³-hybridized carbons (Fsp3) is 0.733. The van der Waals surface area contributed by atoms with Gasteiger partial charge >= 0.3 is 0 Å². The van der Waals surface area contributed by atoms with E-state index in [2.05, 4.69) is 11.9 Å². The van der Waals surface area contributed by atoms with Crippen LogP contribution in [0.15, 0.2) is 12.7 Å². The fourth-order valence-electron chi connectivity index (χ4n) is 2.86. The third-order valence-electron chi connectivity index (χ3n) is 4.40. The highest BCUT2D eigenvalue weighted by molar-refractivity contribution is 5.87. The zero-order chi connectivity index (χ0) is 15.3. The Hall–Kier alpha value is -1.40. The van der Waals surface area contributed by atoms with Crippen molar-refractivity contribution in [3.63, 3.8) is 0 Å². The van der Waals surface area contributed by atoms with Crippen LogP contribution in [0.2, 0.25) is 0 Å². The number of hydrogen-bond acceptors (Lipinski definition) is 4. The van der Waals surface area contributed by atoms with Gasteiger partial charge in [-0.05, 0) is 31.8 Å². The Kier molecular flexibility index (Phi) is 5.36. The zero-order valence-electron chi connectivity index (χ0n) is 12.6. The van der Waals surface area contributed by atoms with Crippen LogP contribution in [0.1, 0.15) is 25.7 Å². The number of likely N-dealkylation sites (tertiary alicyclic amines) is 1. The first-order valence-electron chi connectivity index (χ1n) is 7.46. The minimum atomic E-state index is -0.397. The number of ether oxygens (including phenoxy) is 2. The molecule has 2 aliphatic rings. The molecular weight excluding hydrogens is 272 g/mol. The number of carbonyl (C=O) groups is 2. The second-order valence-corrected chi connectivity index (χ2v) is 5.64. The Morgan fingerprint density at radius 3 is 2.71 bits per heavy atom. The Morgan fingerprint density at radius 2 is 2.19 bits per heavy atom. The number of amides is 2. The molecule has 2 fully saturated rings. The summed E-state index contributed by atoms with van der Waals surface area (Å²) in [5, 5.41) is 2.93. The number of nitrogens with one attached hydrogen (secondary N) is 1. The molecule has 2 saturated heterocycles. The Balaban J connectivity index is 1.83. The Morgan fingerprint density at radius 1 is 1.48 bits per heavy atom. The van der Waals surface area contributed by atoms with Gasteiger partial charge in [0.2, 0.25) is 11.8 Å². The predicted molar refractivity (Wildman–Crippen MR) is 77.7 cm³/mol. The molecule has 2 amide bonds. The second kappa shape index (κ2) is 7.04. The zero-order valence-corrected chi connectivity index (χ0v) is 12.6. The first-order chi connectivity index (χ1) is 10.1. The van der Waals surface area contributed by atoms with E-state index in [1.807, 2.05) is 0 Å². The summed E-state index contributed by atoms with van der Waals surface area (Å²) in [7, 11) is 1.66. The lowest BCUT2D eigenvalue weighted by Gasteiger charge is -2.40. The van der Waals surface area contributed by atoms with Crippen molar-refractivity contribution in [3.05, 3.63) is 12.7 Å². The Labute approximate surface area is 125 Å². The minimum absolute atomic E-state index is 0.0527. The monoisotopic (exact) mass is 296 g/mol. The van der Waals surface area contributed by atoms with E-state index in [1.54, 1.807) is 12.0 Å². The van der Waals surface area contributed by atoms with E-state index >= 15 is 0 Å². The SMILES string of the molecule is C=CC(=O)N1CCC(CNC(=O)[C@@H]2CCCO2)(OC)CC1. The van der Waals surface area contributed by atoms with Crippen LogP contribution in [0.3, 0.4) is 0 Å². The molecule has 6 heteroatoms. The van der Waals surface area contributed by atoms with Crippen molar-refractivity contribution in [1.82, 2.24) is 10.2 Å². The molecule has 0 aromatic carbocycles. The molecule has 0 unspecified atom stereocenters. The van der Waals surface area contributed by atoms with Crippen molar-refractivity contribution >= 4 is 11.8 Å². The van der Waals surface area contributed by atoms with E-state index in [-0.39, 0.29) is 17.9 Å². The van der Waals surface area contributed by atoms with Crippen LogP contribution in [0, 0.1) is 0 Å². The number of hydrogen-bond donors (Lipinski definition) is 1. The summed E-state index contributed by atoms with van der Waals surface area (Å²) < 4.78 is 11.0. The van der Waals surface area contributed by atoms with E-state index in [0.29, 0.717) is 39.1 Å². The van der Waals surface area contributed by atoms with E-state index in [0.717, 1.165) is 12.8 Å². The number of piperidine rings is 1. The lowest BCUT2D eigenvalue weighted by Crippen LogP contribution is -2.53. The standard InChI is InChI=1S/C15H24N2O4/c1-3-13(18)17-8-6-15(20-2,7-9-17)11-16-14(19)12-5-4-10-21-12/h3,12H,1,4-11H2,2H3,(H,16,19)/t12-/m0/s1. The van der Waals surface area contributed by atoms with Crippen LogP contribution in [0.25, 0.3) is 0 Å². The highest BCUT2D eigenvalue weighted by Crippen LogP contribution is 2.25. The highest BCUT2D eigenvalue weighted by Gasteiger charge is 2.36. The van der Waals surface area contributed by atoms with Crippen molar-refractivity contribution in [2.75, 3.05) is 33.4 Å². The molecule has 1 atom stereocenters. The summed E-state index contributed by atoms with van der Waals surface area (Å²) in [6, 6.07) is 0. The number of nitrogens with zero attached hydrogens (tertiary/aromatic N) is 1. The first-order valence-corrected chi connectivity index (χ1v) is 7.46. The fourth-order valence-corrected chi connectivity index (χ4v) is 2.86. The van der Waals surface area contributed by atoms with Gasteiger partial charge in [0.1, 0.15) is 6.10 Å². The van der Waals surface area contributed by atoms with Crippen LogP contribution in [0.4, 0.5) is 0 Å². The molecule has 0 aromatic rings. The van der Waals surface area contributed by atoms with E-state index < -0.39 is 5.60 Å². The van der Waals surface area contributed by atoms with Crippen LogP contribution in [0.5, 0.6) is 0 Å². The van der Waals surface area contributed by atoms with Crippen LogP contribution < -0.4 is 5.32 Å². The maximum absolute atomic E-state index is 12.0. The summed E-state index contributed by atoms with van der Waals surface area (Å²) >= 11 is 0. The molecule has 6 nitrogen and oxygen atoms in total. The quantitative estimate of drug-likeness (QED) is 0.749. The molecule has 2 heterocycles. The van der Waals surface area contributed by atoms with Gasteiger partial charge in [-0.3, -0.25) is 9.59 Å². The summed E-state index contributed by atoms with van der Waals surface area (Å²) in [4.78, 5) is 25.3. The maximum Gasteiger partial charge on any atom is 0.249 e. The van der Waals surface area contributed by atoms with Gasteiger partial charge in [-0.15, -0.1) is 0 Å². The van der Waals surface area contributed by atoms with Crippen LogP contribution in [-0.4, -0.2) is 61.8 Å². The van der Waals surface area contributed by atoms with E-state index in [9.17, 15) is 9.59 Å². The first kappa shape index (κ1) is 16.0. The molecular formula is C15H24N2O4. The van der Waals surface area contributed by atoms with Crippen LogP contribution in [-0.2, 0) is 19.1 Å². The summed E-state index contributed by atoms with van der Waals surface area (Å²) in [6.45, 7) is 5.86. The average Bonchev–Trinajstić information content (AvgIpc) is 3.07. The summed E-state index contributed by atoms with van der Waals surface area (Å²) in [6.07, 6.45) is 4.14. The molecule has 0 aliphatic carbocycles. The summed E-state index contributed by atoms with van der Waals surface area (Å²) in [5.41, 5.74) is -0.397. The van der Waals surface area contributed by atoms with Gasteiger partial charge in [0.25, 0.3) is 0 Å². The van der Waals surface area contributed by atoms with Crippen molar-refractivity contribution in [3.8, 4) is 0 Å². The number of methoxy groups -OCH3 is 1. The van der Waals surface area contributed by atoms with E-state index in [4.69, 9.17) is 9.47 Å². The lowest BCUT2D eigenvalue weighted by molar-refractivity contribution is -0.136. The van der Waals surface area contributed by atoms with Crippen molar-refractivity contribution in [2.45, 2.75) is 37.4 Å². The van der Waals surface area contributed by atoms with Crippen molar-refractivity contribution in [2.24, 2.45) is 0 Å². The molecule has 0 aromatic heterocycles. The predicted octanol–water partition coefficient (Wildman–Crippen LogP) is 0.475. The molecule has 0 spiro atoms. The average molecular weight is 296 g/mol. The van der Waals surface area contributed by atoms with E-state index in [1.165, 1.54) is 6.08 Å². The van der Waals surface area contributed by atoms with Crippen molar-refractivity contribution in [1.29, 1.82) is 0 Å². The Bertz CT molecular complexity index is 396. The second-order valence-electron chi connectivity index (χ2n) is 5.64. The van der Waals surface area contributed by atoms with Gasteiger partial charge in [0, 0.05) is 33.4 Å². The lowest BCUT2D eigenvalue weighted by atomic mass is 9.90. The minimum Gasteiger partial charge on any atom is -0.376 e. The van der Waals surface area contributed by atoms with Gasteiger partial charge in [0.05, 0.1) is 5.60 Å². The molecule has 21 heavy (non-hydrogen) atoms. The van der Waals surface area contributed by atoms with Crippen molar-refractivity contribution < 1.29 is 19.1 Å². The van der Waals surface area contributed by atoms with Gasteiger partial charge in [-0.25, -0.2) is 0 Å². The summed E-state index contributed by atoms with van der Waals surface area (Å²) in [5.74, 6) is -0.114. The number of carbonyl (C=O) groups excluding carboxylic acids is 2. The van der Waals surface area contributed by atoms with Gasteiger partial charge < -0.3 is 19.7 Å². The smallest absolute Gasteiger partial charge is 0.249 e. The molecule has 118 valence electrons. The van der Waals surface area contributed by atoms with Gasteiger partial charge in [-0.2, -0.15) is 0 Å². The topological polar surface area (TPSA) is 67.9 Å². The molecule has 1 N–H and O–H groups in total. The highest BCUT2D eigenvalue weighted by atomic mass is 16.5. The molecule has 2 aliphatic heterocycles. The third-order valence-corrected chi connectivity index (χ3v) is 4.40.